The summed E-state index contributed by atoms with van der Waals surface area (Å²) >= 11 is 6.08. The van der Waals surface area contributed by atoms with Crippen LogP contribution >= 0.6 is 11.6 Å². The number of carbonyl (C=O) groups excluding carboxylic acids is 2. The molecule has 1 aliphatic carbocycles. The number of carbonyl (C=O) groups is 2. The molecule has 2 aliphatic rings. The van der Waals surface area contributed by atoms with Crippen molar-refractivity contribution in [3.8, 4) is 0 Å². The van der Waals surface area contributed by atoms with Gasteiger partial charge in [0.1, 0.15) is 0 Å². The number of nitrogens with zero attached hydrogens (tertiary/aromatic N) is 1. The van der Waals surface area contributed by atoms with Crippen LogP contribution in [-0.2, 0) is 14.8 Å². The van der Waals surface area contributed by atoms with Gasteiger partial charge in [-0.15, -0.1) is 0 Å². The number of hydrogen-bond donors (Lipinski definition) is 2. The van der Waals surface area contributed by atoms with Gasteiger partial charge in [-0.1, -0.05) is 11.6 Å². The van der Waals surface area contributed by atoms with E-state index in [-0.39, 0.29) is 34.8 Å². The van der Waals surface area contributed by atoms with Gasteiger partial charge in [0.25, 0.3) is 5.91 Å². The number of hydrogen-bond acceptors (Lipinski definition) is 4. The van der Waals surface area contributed by atoms with Crippen molar-refractivity contribution in [2.75, 3.05) is 23.1 Å². The van der Waals surface area contributed by atoms with Crippen molar-refractivity contribution in [1.29, 1.82) is 0 Å². The standard InChI is InChI=1S/C16H20ClN3O4S/c17-14-6-5-12(20-7-1-2-8-25(20,23)24)9-13(14)16(22)18-10-15(21)19-11-3-4-11/h5-6,9,11H,1-4,7-8,10H2,(H,18,22)(H,19,21). The van der Waals surface area contributed by atoms with Crippen LogP contribution in [0.2, 0.25) is 5.02 Å². The van der Waals surface area contributed by atoms with Gasteiger partial charge in [0.05, 0.1) is 28.6 Å². The topological polar surface area (TPSA) is 95.6 Å². The summed E-state index contributed by atoms with van der Waals surface area (Å²) in [6, 6.07) is 4.77. The zero-order valence-electron chi connectivity index (χ0n) is 13.6. The predicted octanol–water partition coefficient (Wildman–Crippen LogP) is 1.28. The number of benzene rings is 1. The average molecular weight is 386 g/mol. The van der Waals surface area contributed by atoms with Crippen LogP contribution in [0.1, 0.15) is 36.0 Å². The average Bonchev–Trinajstić information content (AvgIpc) is 3.37. The molecule has 0 aromatic heterocycles. The van der Waals surface area contributed by atoms with Gasteiger partial charge in [-0.25, -0.2) is 8.42 Å². The Balaban J connectivity index is 1.72. The van der Waals surface area contributed by atoms with Crippen LogP contribution in [0.15, 0.2) is 18.2 Å². The highest BCUT2D eigenvalue weighted by Gasteiger charge is 2.27. The molecule has 1 aromatic carbocycles. The zero-order valence-corrected chi connectivity index (χ0v) is 15.2. The second kappa shape index (κ2) is 7.21. The minimum absolute atomic E-state index is 0.0957. The Bertz CT molecular complexity index is 793. The molecule has 2 amide bonds. The van der Waals surface area contributed by atoms with E-state index in [1.807, 2.05) is 0 Å². The van der Waals surface area contributed by atoms with Gasteiger partial charge in [-0.05, 0) is 43.9 Å². The predicted molar refractivity (Wildman–Crippen MR) is 95.3 cm³/mol. The number of anilines is 1. The molecular weight excluding hydrogens is 366 g/mol. The van der Waals surface area contributed by atoms with Crippen LogP contribution in [0.25, 0.3) is 0 Å². The molecule has 2 N–H and O–H groups in total. The number of sulfonamides is 1. The maximum Gasteiger partial charge on any atom is 0.253 e. The maximum absolute atomic E-state index is 12.3. The molecule has 2 fully saturated rings. The summed E-state index contributed by atoms with van der Waals surface area (Å²) in [7, 11) is -3.37. The van der Waals surface area contributed by atoms with E-state index < -0.39 is 15.9 Å². The van der Waals surface area contributed by atoms with Crippen molar-refractivity contribution < 1.29 is 18.0 Å². The molecule has 0 radical (unpaired) electrons. The van der Waals surface area contributed by atoms with E-state index in [1.54, 1.807) is 6.07 Å². The Morgan fingerprint density at radius 2 is 2.00 bits per heavy atom. The van der Waals surface area contributed by atoms with Gasteiger partial charge in [-0.3, -0.25) is 13.9 Å². The Hall–Kier alpha value is -1.80. The third kappa shape index (κ3) is 4.43. The summed E-state index contributed by atoms with van der Waals surface area (Å²) in [6.45, 7) is 0.243. The quantitative estimate of drug-likeness (QED) is 0.798. The van der Waals surface area contributed by atoms with Gasteiger partial charge in [0, 0.05) is 12.6 Å². The van der Waals surface area contributed by atoms with Gasteiger partial charge >= 0.3 is 0 Å². The zero-order chi connectivity index (χ0) is 18.0. The lowest BCUT2D eigenvalue weighted by atomic mass is 10.1. The Morgan fingerprint density at radius 1 is 1.24 bits per heavy atom. The number of nitrogens with one attached hydrogen (secondary N) is 2. The highest BCUT2D eigenvalue weighted by atomic mass is 35.5. The van der Waals surface area contributed by atoms with Crippen molar-refractivity contribution in [2.45, 2.75) is 31.7 Å². The smallest absolute Gasteiger partial charge is 0.253 e. The van der Waals surface area contributed by atoms with E-state index in [1.165, 1.54) is 16.4 Å². The fraction of sp³-hybridized carbons (Fsp3) is 0.500. The Kier molecular flexibility index (Phi) is 5.19. The maximum atomic E-state index is 12.3. The molecule has 9 heteroatoms. The highest BCUT2D eigenvalue weighted by molar-refractivity contribution is 7.92. The first-order valence-electron chi connectivity index (χ1n) is 8.24. The summed E-state index contributed by atoms with van der Waals surface area (Å²) in [5.41, 5.74) is 0.566. The van der Waals surface area contributed by atoms with Crippen molar-refractivity contribution in [2.24, 2.45) is 0 Å². The van der Waals surface area contributed by atoms with Crippen LogP contribution in [0.4, 0.5) is 5.69 Å². The summed E-state index contributed by atoms with van der Waals surface area (Å²) in [6.07, 6.45) is 3.34. The van der Waals surface area contributed by atoms with Crippen molar-refractivity contribution in [3.63, 3.8) is 0 Å². The van der Waals surface area contributed by atoms with Gasteiger partial charge in [0.2, 0.25) is 15.9 Å². The Morgan fingerprint density at radius 3 is 2.68 bits per heavy atom. The lowest BCUT2D eigenvalue weighted by molar-refractivity contribution is -0.120. The molecule has 3 rings (SSSR count). The number of rotatable bonds is 5. The van der Waals surface area contributed by atoms with Gasteiger partial charge in [0.15, 0.2) is 0 Å². The number of halogens is 1. The van der Waals surface area contributed by atoms with E-state index in [0.29, 0.717) is 18.7 Å². The molecule has 1 aliphatic heterocycles. The van der Waals surface area contributed by atoms with Gasteiger partial charge in [-0.2, -0.15) is 0 Å². The molecule has 0 unspecified atom stereocenters. The van der Waals surface area contributed by atoms with E-state index in [2.05, 4.69) is 10.6 Å². The molecule has 1 heterocycles. The fourth-order valence-corrected chi connectivity index (χ4v) is 4.52. The monoisotopic (exact) mass is 385 g/mol. The van der Waals surface area contributed by atoms with Crippen LogP contribution < -0.4 is 14.9 Å². The number of amides is 2. The van der Waals surface area contributed by atoms with Crippen LogP contribution in [-0.4, -0.2) is 45.1 Å². The molecule has 1 saturated heterocycles. The summed E-state index contributed by atoms with van der Waals surface area (Å²) in [5, 5.41) is 5.50. The van der Waals surface area contributed by atoms with Crippen molar-refractivity contribution in [1.82, 2.24) is 10.6 Å². The first-order valence-corrected chi connectivity index (χ1v) is 10.2. The lowest BCUT2D eigenvalue weighted by Crippen LogP contribution is -2.39. The van der Waals surface area contributed by atoms with E-state index in [0.717, 1.165) is 19.3 Å². The molecule has 0 atom stereocenters. The largest absolute Gasteiger partial charge is 0.352 e. The molecule has 25 heavy (non-hydrogen) atoms. The Labute approximate surface area is 151 Å². The first-order chi connectivity index (χ1) is 11.9. The molecule has 1 saturated carbocycles. The minimum atomic E-state index is -3.37. The minimum Gasteiger partial charge on any atom is -0.352 e. The second-order valence-electron chi connectivity index (χ2n) is 6.28. The second-order valence-corrected chi connectivity index (χ2v) is 8.70. The third-order valence-electron chi connectivity index (χ3n) is 4.18. The molecule has 0 bridgehead atoms. The van der Waals surface area contributed by atoms with Crippen LogP contribution in [0.5, 0.6) is 0 Å². The van der Waals surface area contributed by atoms with Crippen LogP contribution in [0, 0.1) is 0 Å². The summed E-state index contributed by atoms with van der Waals surface area (Å²) in [4.78, 5) is 24.0. The lowest BCUT2D eigenvalue weighted by Gasteiger charge is -2.28. The molecule has 0 spiro atoms. The molecule has 136 valence electrons. The van der Waals surface area contributed by atoms with Crippen molar-refractivity contribution >= 4 is 39.1 Å². The molecule has 1 aromatic rings. The van der Waals surface area contributed by atoms with Gasteiger partial charge < -0.3 is 10.6 Å². The van der Waals surface area contributed by atoms with E-state index in [9.17, 15) is 18.0 Å². The summed E-state index contributed by atoms with van der Waals surface area (Å²) < 4.78 is 25.7. The fourth-order valence-electron chi connectivity index (χ4n) is 2.68. The van der Waals surface area contributed by atoms with Crippen molar-refractivity contribution in [3.05, 3.63) is 28.8 Å². The normalized spacial score (nSPS) is 19.3. The van der Waals surface area contributed by atoms with E-state index in [4.69, 9.17) is 11.6 Å². The molecular formula is C16H20ClN3O4S. The van der Waals surface area contributed by atoms with E-state index >= 15 is 0 Å². The highest BCUT2D eigenvalue weighted by Crippen LogP contribution is 2.28. The summed E-state index contributed by atoms with van der Waals surface area (Å²) in [5.74, 6) is -0.660. The SMILES string of the molecule is O=C(CNC(=O)c1cc(N2CCCCS2(=O)=O)ccc1Cl)NC1CC1. The molecule has 7 nitrogen and oxygen atoms in total. The third-order valence-corrected chi connectivity index (χ3v) is 6.38. The van der Waals surface area contributed by atoms with Crippen LogP contribution in [0.3, 0.4) is 0 Å². The first kappa shape index (κ1) is 18.0.